The van der Waals surface area contributed by atoms with Crippen LogP contribution in [0.1, 0.15) is 11.5 Å². The number of hydrogen-bond acceptors (Lipinski definition) is 6. The van der Waals surface area contributed by atoms with E-state index in [0.717, 1.165) is 5.56 Å². The number of nitrogens with two attached hydrogens (primary N) is 1. The molecule has 1 fully saturated rings. The number of rotatable bonds is 5. The first-order chi connectivity index (χ1) is 13.5. The van der Waals surface area contributed by atoms with E-state index in [9.17, 15) is 8.42 Å². The van der Waals surface area contributed by atoms with Gasteiger partial charge in [0.25, 0.3) is 0 Å². The van der Waals surface area contributed by atoms with Gasteiger partial charge >= 0.3 is 0 Å². The average Bonchev–Trinajstić information content (AvgIpc) is 3.35. The lowest BCUT2D eigenvalue weighted by Gasteiger charge is -2.17. The summed E-state index contributed by atoms with van der Waals surface area (Å²) in [6.45, 7) is 1.27. The first-order valence-electron chi connectivity index (χ1n) is 9.08. The Morgan fingerprint density at radius 2 is 1.86 bits per heavy atom. The van der Waals surface area contributed by atoms with Gasteiger partial charge in [0.05, 0.1) is 4.90 Å². The zero-order chi connectivity index (χ0) is 19.7. The normalized spacial score (nSPS) is 19.8. The fourth-order valence-electron chi connectivity index (χ4n) is 3.76. The number of aromatic nitrogens is 4. The van der Waals surface area contributed by atoms with E-state index in [2.05, 4.69) is 15.5 Å². The van der Waals surface area contributed by atoms with Gasteiger partial charge in [-0.3, -0.25) is 0 Å². The molecule has 0 unspecified atom stereocenters. The van der Waals surface area contributed by atoms with E-state index in [4.69, 9.17) is 5.73 Å². The summed E-state index contributed by atoms with van der Waals surface area (Å²) in [5.41, 5.74) is 7.74. The Balaban J connectivity index is 0.00000240. The molecule has 2 aromatic carbocycles. The molecule has 29 heavy (non-hydrogen) atoms. The SMILES string of the molecule is Cl.Cn1nnnc1-c1cccc(S(=O)(=O)N2C[C@@H](CN)[C@H](c3ccccc3)C2)c1. The molecular formula is C19H23ClN6O2S. The second-order valence-electron chi connectivity index (χ2n) is 6.99. The Labute approximate surface area is 176 Å². The molecule has 0 saturated carbocycles. The zero-order valence-corrected chi connectivity index (χ0v) is 17.6. The second-order valence-corrected chi connectivity index (χ2v) is 8.93. The van der Waals surface area contributed by atoms with Crippen LogP contribution in [-0.4, -0.2) is 52.6 Å². The van der Waals surface area contributed by atoms with Gasteiger partial charge in [-0.1, -0.05) is 42.5 Å². The Bertz CT molecular complexity index is 1070. The minimum Gasteiger partial charge on any atom is -0.330 e. The van der Waals surface area contributed by atoms with Crippen LogP contribution in [0.15, 0.2) is 59.5 Å². The molecule has 0 spiro atoms. The Morgan fingerprint density at radius 3 is 2.52 bits per heavy atom. The first-order valence-corrected chi connectivity index (χ1v) is 10.5. The van der Waals surface area contributed by atoms with E-state index in [1.807, 2.05) is 30.3 Å². The molecule has 2 N–H and O–H groups in total. The third-order valence-corrected chi connectivity index (χ3v) is 7.12. The molecule has 0 aliphatic carbocycles. The maximum Gasteiger partial charge on any atom is 0.243 e. The predicted molar refractivity (Wildman–Crippen MR) is 112 cm³/mol. The molecule has 1 aliphatic heterocycles. The van der Waals surface area contributed by atoms with Crippen molar-refractivity contribution in [2.75, 3.05) is 19.6 Å². The molecule has 8 nitrogen and oxygen atoms in total. The number of aryl methyl sites for hydroxylation is 1. The van der Waals surface area contributed by atoms with Crippen LogP contribution >= 0.6 is 12.4 Å². The Hall–Kier alpha value is -2.33. The maximum atomic E-state index is 13.3. The molecule has 0 radical (unpaired) electrons. The zero-order valence-electron chi connectivity index (χ0n) is 15.9. The minimum absolute atomic E-state index is 0. The van der Waals surface area contributed by atoms with Gasteiger partial charge in [0, 0.05) is 31.6 Å². The molecule has 2 heterocycles. The number of halogens is 1. The summed E-state index contributed by atoms with van der Waals surface area (Å²) in [6.07, 6.45) is 0. The van der Waals surface area contributed by atoms with Crippen LogP contribution in [0.4, 0.5) is 0 Å². The van der Waals surface area contributed by atoms with Crippen molar-refractivity contribution in [3.05, 3.63) is 60.2 Å². The molecule has 0 bridgehead atoms. The van der Waals surface area contributed by atoms with Crippen molar-refractivity contribution < 1.29 is 8.42 Å². The van der Waals surface area contributed by atoms with Crippen molar-refractivity contribution in [1.29, 1.82) is 0 Å². The monoisotopic (exact) mass is 434 g/mol. The standard InChI is InChI=1S/C19H22N6O2S.ClH/c1-24-19(21-22-23-24)15-8-5-9-17(10-15)28(26,27)25-12-16(11-20)18(13-25)14-6-3-2-4-7-14;/h2-10,16,18H,11-13,20H2,1H3;1H/t16-,18+;/m1./s1. The van der Waals surface area contributed by atoms with E-state index >= 15 is 0 Å². The van der Waals surface area contributed by atoms with Crippen LogP contribution < -0.4 is 5.73 Å². The van der Waals surface area contributed by atoms with Gasteiger partial charge in [-0.2, -0.15) is 4.31 Å². The van der Waals surface area contributed by atoms with Crippen LogP contribution in [0, 0.1) is 5.92 Å². The molecule has 3 aromatic rings. The van der Waals surface area contributed by atoms with Gasteiger partial charge in [0.15, 0.2) is 5.82 Å². The number of sulfonamides is 1. The molecule has 2 atom stereocenters. The van der Waals surface area contributed by atoms with Gasteiger partial charge in [-0.05, 0) is 40.6 Å². The summed E-state index contributed by atoms with van der Waals surface area (Å²) in [7, 11) is -1.93. The Kier molecular flexibility index (Phi) is 6.33. The summed E-state index contributed by atoms with van der Waals surface area (Å²) >= 11 is 0. The highest BCUT2D eigenvalue weighted by Crippen LogP contribution is 2.35. The lowest BCUT2D eigenvalue weighted by atomic mass is 9.89. The van der Waals surface area contributed by atoms with E-state index < -0.39 is 10.0 Å². The predicted octanol–water partition coefficient (Wildman–Crippen LogP) is 1.66. The van der Waals surface area contributed by atoms with E-state index in [-0.39, 0.29) is 29.1 Å². The van der Waals surface area contributed by atoms with Crippen molar-refractivity contribution in [3.63, 3.8) is 0 Å². The molecule has 1 aromatic heterocycles. The molecule has 0 amide bonds. The number of nitrogens with zero attached hydrogens (tertiary/aromatic N) is 5. The quantitative estimate of drug-likeness (QED) is 0.654. The van der Waals surface area contributed by atoms with Gasteiger partial charge in [0.1, 0.15) is 0 Å². The van der Waals surface area contributed by atoms with Gasteiger partial charge < -0.3 is 5.73 Å². The van der Waals surface area contributed by atoms with E-state index in [1.54, 1.807) is 31.3 Å². The van der Waals surface area contributed by atoms with Gasteiger partial charge in [0.2, 0.25) is 10.0 Å². The van der Waals surface area contributed by atoms with Crippen molar-refractivity contribution >= 4 is 22.4 Å². The smallest absolute Gasteiger partial charge is 0.243 e. The highest BCUT2D eigenvalue weighted by molar-refractivity contribution is 7.89. The van der Waals surface area contributed by atoms with Crippen molar-refractivity contribution in [1.82, 2.24) is 24.5 Å². The number of tetrazole rings is 1. The Morgan fingerprint density at radius 1 is 1.10 bits per heavy atom. The fraction of sp³-hybridized carbons (Fsp3) is 0.316. The molecule has 1 aliphatic rings. The van der Waals surface area contributed by atoms with Crippen LogP contribution in [0.3, 0.4) is 0 Å². The van der Waals surface area contributed by atoms with Crippen LogP contribution in [0.2, 0.25) is 0 Å². The van der Waals surface area contributed by atoms with Crippen molar-refractivity contribution in [2.45, 2.75) is 10.8 Å². The molecule has 4 rings (SSSR count). The van der Waals surface area contributed by atoms with E-state index in [0.29, 0.717) is 31.0 Å². The highest BCUT2D eigenvalue weighted by Gasteiger charge is 2.39. The maximum absolute atomic E-state index is 13.3. The third-order valence-electron chi connectivity index (χ3n) is 5.29. The van der Waals surface area contributed by atoms with Crippen LogP contribution in [0.25, 0.3) is 11.4 Å². The van der Waals surface area contributed by atoms with Gasteiger partial charge in [-0.15, -0.1) is 17.5 Å². The third kappa shape index (κ3) is 4.04. The second kappa shape index (κ2) is 8.58. The minimum atomic E-state index is -3.65. The number of hydrogen-bond donors (Lipinski definition) is 1. The lowest BCUT2D eigenvalue weighted by molar-refractivity contribution is 0.459. The van der Waals surface area contributed by atoms with E-state index in [1.165, 1.54) is 8.99 Å². The highest BCUT2D eigenvalue weighted by atomic mass is 35.5. The van der Waals surface area contributed by atoms with Crippen LogP contribution in [-0.2, 0) is 17.1 Å². The van der Waals surface area contributed by atoms with Gasteiger partial charge in [-0.25, -0.2) is 13.1 Å². The average molecular weight is 435 g/mol. The van der Waals surface area contributed by atoms with Crippen molar-refractivity contribution in [3.8, 4) is 11.4 Å². The molecule has 1 saturated heterocycles. The topological polar surface area (TPSA) is 107 Å². The molecular weight excluding hydrogens is 412 g/mol. The number of benzene rings is 2. The first kappa shape index (κ1) is 21.4. The summed E-state index contributed by atoms with van der Waals surface area (Å²) < 4.78 is 29.7. The summed E-state index contributed by atoms with van der Waals surface area (Å²) in [6, 6.07) is 16.7. The summed E-state index contributed by atoms with van der Waals surface area (Å²) in [4.78, 5) is 0.234. The lowest BCUT2D eigenvalue weighted by Crippen LogP contribution is -2.30. The summed E-state index contributed by atoms with van der Waals surface area (Å²) in [5.74, 6) is 0.691. The molecule has 154 valence electrons. The van der Waals surface area contributed by atoms with Crippen LogP contribution in [0.5, 0.6) is 0 Å². The molecule has 10 heteroatoms. The summed E-state index contributed by atoms with van der Waals surface area (Å²) in [5, 5.41) is 11.4. The van der Waals surface area contributed by atoms with Crippen molar-refractivity contribution in [2.24, 2.45) is 18.7 Å². The fourth-order valence-corrected chi connectivity index (χ4v) is 5.33. The largest absolute Gasteiger partial charge is 0.330 e.